The van der Waals surface area contributed by atoms with E-state index < -0.39 is 0 Å². The Labute approximate surface area is 137 Å². The molecule has 0 atom stereocenters. The van der Waals surface area contributed by atoms with Gasteiger partial charge >= 0.3 is 0 Å². The zero-order valence-corrected chi connectivity index (χ0v) is 13.2. The monoisotopic (exact) mass is 325 g/mol. The lowest BCUT2D eigenvalue weighted by Gasteiger charge is -2.11. The van der Waals surface area contributed by atoms with Gasteiger partial charge in [-0.2, -0.15) is 0 Å². The summed E-state index contributed by atoms with van der Waals surface area (Å²) >= 11 is 1.41. The summed E-state index contributed by atoms with van der Waals surface area (Å²) in [5, 5.41) is 11.6. The maximum absolute atomic E-state index is 12.4. The molecule has 6 heteroatoms. The van der Waals surface area contributed by atoms with Gasteiger partial charge in [0.2, 0.25) is 4.80 Å². The van der Waals surface area contributed by atoms with Crippen molar-refractivity contribution in [3.05, 3.63) is 70.3 Å². The van der Waals surface area contributed by atoms with Crippen LogP contribution in [0.4, 0.5) is 0 Å². The van der Waals surface area contributed by atoms with E-state index in [9.17, 15) is 9.90 Å². The predicted molar refractivity (Wildman–Crippen MR) is 91.0 cm³/mol. The van der Waals surface area contributed by atoms with Gasteiger partial charge in [-0.15, -0.1) is 11.3 Å². The maximum Gasteiger partial charge on any atom is 0.270 e. The van der Waals surface area contributed by atoms with Gasteiger partial charge in [0.1, 0.15) is 5.75 Å². The van der Waals surface area contributed by atoms with Crippen LogP contribution in [-0.2, 0) is 0 Å². The fraction of sp³-hybridized carbons (Fsp3) is 0.0588. The van der Waals surface area contributed by atoms with Crippen molar-refractivity contribution in [1.29, 1.82) is 0 Å². The number of aromatic nitrogens is 1. The van der Waals surface area contributed by atoms with Gasteiger partial charge in [0, 0.05) is 23.6 Å². The van der Waals surface area contributed by atoms with Crippen molar-refractivity contribution >= 4 is 17.2 Å². The molecule has 0 unspecified atom stereocenters. The minimum atomic E-state index is -0.222. The molecular formula is C17H15N3O2S. The number of thiazole rings is 1. The normalized spacial score (nSPS) is 11.4. The first-order chi connectivity index (χ1) is 11.2. The van der Waals surface area contributed by atoms with E-state index >= 15 is 0 Å². The number of aromatic hydroxyl groups is 1. The van der Waals surface area contributed by atoms with Crippen molar-refractivity contribution in [3.63, 3.8) is 0 Å². The Hall–Kier alpha value is -2.86. The van der Waals surface area contributed by atoms with E-state index in [1.165, 1.54) is 11.3 Å². The Morgan fingerprint density at radius 3 is 2.65 bits per heavy atom. The summed E-state index contributed by atoms with van der Waals surface area (Å²) in [7, 11) is 1.67. The first kappa shape index (κ1) is 15.1. The Bertz CT molecular complexity index is 897. The molecule has 3 aromatic rings. The molecule has 2 aromatic carbocycles. The van der Waals surface area contributed by atoms with Gasteiger partial charge in [-0.05, 0) is 24.3 Å². The molecule has 23 heavy (non-hydrogen) atoms. The van der Waals surface area contributed by atoms with Crippen molar-refractivity contribution in [2.45, 2.75) is 0 Å². The highest BCUT2D eigenvalue weighted by atomic mass is 32.1. The quantitative estimate of drug-likeness (QED) is 0.777. The SMILES string of the molecule is CN=c1scc(-c2cccc(O)c2)n1NC(=O)c1ccccc1. The van der Waals surface area contributed by atoms with Gasteiger partial charge in [-0.3, -0.25) is 15.2 Å². The van der Waals surface area contributed by atoms with Crippen LogP contribution in [0.25, 0.3) is 11.3 Å². The number of carbonyl (C=O) groups is 1. The van der Waals surface area contributed by atoms with Crippen LogP contribution in [0.1, 0.15) is 10.4 Å². The second-order valence-electron chi connectivity index (χ2n) is 4.82. The summed E-state index contributed by atoms with van der Waals surface area (Å²) in [6.07, 6.45) is 0. The maximum atomic E-state index is 12.4. The van der Waals surface area contributed by atoms with Crippen molar-refractivity contribution in [2.24, 2.45) is 4.99 Å². The lowest BCUT2D eigenvalue weighted by molar-refractivity contribution is 0.101. The lowest BCUT2D eigenvalue weighted by atomic mass is 10.1. The number of phenols is 1. The second-order valence-corrected chi connectivity index (χ2v) is 5.66. The van der Waals surface area contributed by atoms with E-state index in [1.54, 1.807) is 42.1 Å². The van der Waals surface area contributed by atoms with Gasteiger partial charge in [0.25, 0.3) is 5.91 Å². The van der Waals surface area contributed by atoms with Crippen LogP contribution in [0, 0.1) is 0 Å². The van der Waals surface area contributed by atoms with Crippen LogP contribution in [-0.4, -0.2) is 22.7 Å². The fourth-order valence-electron chi connectivity index (χ4n) is 2.20. The number of phenolic OH excluding ortho intramolecular Hbond substituents is 1. The summed E-state index contributed by atoms with van der Waals surface area (Å²) in [5.74, 6) is -0.0510. The first-order valence-electron chi connectivity index (χ1n) is 6.98. The molecule has 0 aliphatic carbocycles. The molecule has 0 bridgehead atoms. The highest BCUT2D eigenvalue weighted by Gasteiger charge is 2.12. The molecule has 3 rings (SSSR count). The summed E-state index contributed by atoms with van der Waals surface area (Å²) in [4.78, 5) is 17.3. The number of hydrogen-bond donors (Lipinski definition) is 2. The smallest absolute Gasteiger partial charge is 0.270 e. The van der Waals surface area contributed by atoms with Crippen LogP contribution < -0.4 is 10.2 Å². The average Bonchev–Trinajstić information content (AvgIpc) is 2.98. The third-order valence-electron chi connectivity index (χ3n) is 3.29. The Morgan fingerprint density at radius 2 is 1.96 bits per heavy atom. The Balaban J connectivity index is 2.02. The molecule has 0 aliphatic rings. The van der Waals surface area contributed by atoms with Gasteiger partial charge < -0.3 is 5.11 Å². The van der Waals surface area contributed by atoms with Gasteiger partial charge in [0.15, 0.2) is 0 Å². The molecule has 0 spiro atoms. The molecule has 116 valence electrons. The minimum Gasteiger partial charge on any atom is -0.508 e. The number of nitrogens with one attached hydrogen (secondary N) is 1. The number of hydrogen-bond acceptors (Lipinski definition) is 4. The van der Waals surface area contributed by atoms with Crippen molar-refractivity contribution in [2.75, 3.05) is 12.5 Å². The van der Waals surface area contributed by atoms with Crippen LogP contribution in [0.5, 0.6) is 5.75 Å². The summed E-state index contributed by atoms with van der Waals surface area (Å²) in [6.45, 7) is 0. The summed E-state index contributed by atoms with van der Waals surface area (Å²) in [5.41, 5.74) is 4.98. The largest absolute Gasteiger partial charge is 0.508 e. The number of amides is 1. The van der Waals surface area contributed by atoms with Gasteiger partial charge in [-0.25, -0.2) is 4.68 Å². The molecule has 0 aliphatic heterocycles. The third-order valence-corrected chi connectivity index (χ3v) is 4.21. The van der Waals surface area contributed by atoms with Crippen molar-refractivity contribution < 1.29 is 9.90 Å². The van der Waals surface area contributed by atoms with Crippen LogP contribution in [0.15, 0.2) is 65.0 Å². The lowest BCUT2D eigenvalue weighted by Crippen LogP contribution is -2.31. The van der Waals surface area contributed by atoms with E-state index in [0.717, 1.165) is 11.3 Å². The summed E-state index contributed by atoms with van der Waals surface area (Å²) < 4.78 is 1.63. The Kier molecular flexibility index (Phi) is 4.25. The molecule has 1 amide bonds. The standard InChI is InChI=1S/C17H15N3O2S/c1-18-17-20(19-16(22)12-6-3-2-4-7-12)15(11-23-17)13-8-5-9-14(21)10-13/h2-11,21H,1H3,(H,19,22). The van der Waals surface area contributed by atoms with E-state index in [1.807, 2.05) is 29.6 Å². The first-order valence-corrected chi connectivity index (χ1v) is 7.86. The minimum absolute atomic E-state index is 0.171. The number of rotatable bonds is 3. The van der Waals surface area contributed by atoms with E-state index in [4.69, 9.17) is 0 Å². The Morgan fingerprint density at radius 1 is 1.17 bits per heavy atom. The predicted octanol–water partition coefficient (Wildman–Crippen LogP) is 2.84. The van der Waals surface area contributed by atoms with E-state index in [-0.39, 0.29) is 11.7 Å². The highest BCUT2D eigenvalue weighted by Crippen LogP contribution is 2.23. The van der Waals surface area contributed by atoms with Crippen LogP contribution in [0.3, 0.4) is 0 Å². The number of benzene rings is 2. The number of carbonyl (C=O) groups excluding carboxylic acids is 1. The molecule has 0 fully saturated rings. The zero-order valence-electron chi connectivity index (χ0n) is 12.4. The average molecular weight is 325 g/mol. The van der Waals surface area contributed by atoms with E-state index in [0.29, 0.717) is 10.4 Å². The molecule has 1 aromatic heterocycles. The molecule has 0 saturated heterocycles. The second kappa shape index (κ2) is 6.50. The molecular weight excluding hydrogens is 310 g/mol. The van der Waals surface area contributed by atoms with Gasteiger partial charge in [-0.1, -0.05) is 30.3 Å². The fourth-order valence-corrected chi connectivity index (χ4v) is 3.01. The molecule has 0 saturated carbocycles. The zero-order chi connectivity index (χ0) is 16.2. The van der Waals surface area contributed by atoms with Gasteiger partial charge in [0.05, 0.1) is 5.69 Å². The highest BCUT2D eigenvalue weighted by molar-refractivity contribution is 7.07. The third kappa shape index (κ3) is 3.17. The molecule has 5 nitrogen and oxygen atoms in total. The molecule has 2 N–H and O–H groups in total. The number of nitrogens with zero attached hydrogens (tertiary/aromatic N) is 2. The van der Waals surface area contributed by atoms with E-state index in [2.05, 4.69) is 10.4 Å². The van der Waals surface area contributed by atoms with Crippen molar-refractivity contribution in [1.82, 2.24) is 4.68 Å². The molecule has 0 radical (unpaired) electrons. The topological polar surface area (TPSA) is 66.6 Å². The van der Waals surface area contributed by atoms with Crippen LogP contribution in [0.2, 0.25) is 0 Å². The van der Waals surface area contributed by atoms with Crippen molar-refractivity contribution in [3.8, 4) is 17.0 Å². The molecule has 1 heterocycles. The van der Waals surface area contributed by atoms with Crippen LogP contribution >= 0.6 is 11.3 Å². The summed E-state index contributed by atoms with van der Waals surface area (Å²) in [6, 6.07) is 15.9.